The molecule has 2 rings (SSSR count). The van der Waals surface area contributed by atoms with Crippen molar-refractivity contribution in [2.24, 2.45) is 0 Å². The van der Waals surface area contributed by atoms with Crippen LogP contribution in [0.1, 0.15) is 0 Å². The molecule has 1 heterocycles. The van der Waals surface area contributed by atoms with E-state index in [-0.39, 0.29) is 21.7 Å². The van der Waals surface area contributed by atoms with Gasteiger partial charge in [-0.25, -0.2) is 0 Å². The van der Waals surface area contributed by atoms with Crippen LogP contribution in [0.5, 0.6) is 0 Å². The Kier molecular flexibility index (Phi) is 15.6. The average Bonchev–Trinajstić information content (AvgIpc) is 2.42. The van der Waals surface area contributed by atoms with E-state index in [1.165, 1.54) is 0 Å². The third-order valence-corrected chi connectivity index (χ3v) is 2.46. The number of hydrogen-bond acceptors (Lipinski definition) is 3. The average molecular weight is 296 g/mol. The molecule has 1 saturated heterocycles. The van der Waals surface area contributed by atoms with Gasteiger partial charge in [0.15, 0.2) is 0 Å². The van der Waals surface area contributed by atoms with Gasteiger partial charge in [-0.1, -0.05) is 0 Å². The van der Waals surface area contributed by atoms with Gasteiger partial charge in [-0.3, -0.25) is 0 Å². The Labute approximate surface area is 132 Å². The molecule has 19 heavy (non-hydrogen) atoms. The molecule has 104 valence electrons. The Hall–Kier alpha value is -0.226. The summed E-state index contributed by atoms with van der Waals surface area (Å²) in [5, 5.41) is 14.4. The molecule has 0 bridgehead atoms. The van der Waals surface area contributed by atoms with Crippen molar-refractivity contribution in [3.8, 4) is 0 Å². The van der Waals surface area contributed by atoms with Crippen molar-refractivity contribution in [3.05, 3.63) is 41.7 Å². The molecule has 1 aromatic carbocycles. The summed E-state index contributed by atoms with van der Waals surface area (Å²) >= 11 is 0. The van der Waals surface area contributed by atoms with Crippen molar-refractivity contribution in [1.82, 2.24) is 16.0 Å². The maximum Gasteiger partial charge on any atom is 2.00 e. The molecule has 0 spiro atoms. The van der Waals surface area contributed by atoms with Gasteiger partial charge in [0, 0.05) is 26.2 Å². The molecular formula is C14H24N4Ti. The Bertz CT molecular complexity index is 189. The molecule has 0 aliphatic carbocycles. The number of rotatable bonds is 0. The molecule has 3 N–H and O–H groups in total. The molecule has 0 unspecified atom stereocenters. The smallest absolute Gasteiger partial charge is 0.660 e. The zero-order valence-corrected chi connectivity index (χ0v) is 13.1. The first-order chi connectivity index (χ1) is 9.00. The summed E-state index contributed by atoms with van der Waals surface area (Å²) in [5.41, 5.74) is 0. The zero-order chi connectivity index (χ0) is 12.7. The number of nitrogens with one attached hydrogen (secondary N) is 3. The minimum atomic E-state index is 0. The molecule has 0 saturated carbocycles. The number of benzene rings is 1. The Morgan fingerprint density at radius 1 is 0.684 bits per heavy atom. The minimum absolute atomic E-state index is 0. The van der Waals surface area contributed by atoms with E-state index in [1.54, 1.807) is 0 Å². The van der Waals surface area contributed by atoms with Crippen molar-refractivity contribution in [2.75, 3.05) is 52.4 Å². The van der Waals surface area contributed by atoms with Gasteiger partial charge in [0.1, 0.15) is 0 Å². The van der Waals surface area contributed by atoms with E-state index in [2.05, 4.69) is 27.3 Å². The summed E-state index contributed by atoms with van der Waals surface area (Å²) in [4.78, 5) is 0. The van der Waals surface area contributed by atoms with Crippen molar-refractivity contribution in [2.45, 2.75) is 0 Å². The first-order valence-electron chi connectivity index (χ1n) is 6.66. The van der Waals surface area contributed by atoms with Gasteiger partial charge in [-0.2, -0.15) is 36.4 Å². The quantitative estimate of drug-likeness (QED) is 0.486. The van der Waals surface area contributed by atoms with E-state index in [9.17, 15) is 0 Å². The molecular weight excluding hydrogens is 272 g/mol. The van der Waals surface area contributed by atoms with Gasteiger partial charge in [-0.15, -0.1) is 13.1 Å². The molecule has 0 radical (unpaired) electrons. The fourth-order valence-corrected chi connectivity index (χ4v) is 1.50. The van der Waals surface area contributed by atoms with Crippen molar-refractivity contribution in [3.63, 3.8) is 0 Å². The normalized spacial score (nSPS) is 17.7. The SMILES string of the molecule is C1CNCCNCCNCC[N-]1.[Ti+2].[c-]1ccccc1. The Morgan fingerprint density at radius 3 is 1.53 bits per heavy atom. The second kappa shape index (κ2) is 15.8. The van der Waals surface area contributed by atoms with Crippen molar-refractivity contribution >= 4 is 0 Å². The summed E-state index contributed by atoms with van der Waals surface area (Å²) in [5.74, 6) is 0. The minimum Gasteiger partial charge on any atom is -0.660 e. The largest absolute Gasteiger partial charge is 2.00 e. The maximum absolute atomic E-state index is 4.36. The van der Waals surface area contributed by atoms with Gasteiger partial charge in [0.2, 0.25) is 0 Å². The Morgan fingerprint density at radius 2 is 1.16 bits per heavy atom. The third-order valence-electron chi connectivity index (χ3n) is 2.46. The standard InChI is InChI=1S/C8H19N4.C6H5.Ti/c1-2-10-5-6-12-8-7-11-4-3-9-1;1-2-4-6-5-3-1;/h9-11H,1-8H2;1-5H;/q2*-1;+2. The number of hydrogen-bond donors (Lipinski definition) is 3. The van der Waals surface area contributed by atoms with Crippen LogP contribution in [0.3, 0.4) is 0 Å². The summed E-state index contributed by atoms with van der Waals surface area (Å²) < 4.78 is 0. The number of nitrogens with zero attached hydrogens (tertiary/aromatic N) is 1. The molecule has 4 nitrogen and oxygen atoms in total. The van der Waals surface area contributed by atoms with E-state index in [0.717, 1.165) is 52.4 Å². The van der Waals surface area contributed by atoms with Gasteiger partial charge in [-0.05, 0) is 13.1 Å². The van der Waals surface area contributed by atoms with Crippen LogP contribution in [-0.4, -0.2) is 52.4 Å². The van der Waals surface area contributed by atoms with Gasteiger partial charge < -0.3 is 21.3 Å². The van der Waals surface area contributed by atoms with E-state index >= 15 is 0 Å². The molecule has 1 aliphatic heterocycles. The van der Waals surface area contributed by atoms with Crippen LogP contribution >= 0.6 is 0 Å². The predicted molar refractivity (Wildman–Crippen MR) is 77.0 cm³/mol. The fourth-order valence-electron chi connectivity index (χ4n) is 1.50. The predicted octanol–water partition coefficient (Wildman–Crippen LogP) is 0.627. The van der Waals surface area contributed by atoms with Crippen molar-refractivity contribution in [1.29, 1.82) is 0 Å². The molecule has 0 atom stereocenters. The first kappa shape index (κ1) is 18.8. The summed E-state index contributed by atoms with van der Waals surface area (Å²) in [6.45, 7) is 8.14. The van der Waals surface area contributed by atoms with Crippen LogP contribution in [-0.2, 0) is 21.7 Å². The second-order valence-electron chi connectivity index (χ2n) is 4.00. The van der Waals surface area contributed by atoms with Crippen LogP contribution in [0, 0.1) is 6.07 Å². The maximum atomic E-state index is 4.36. The third kappa shape index (κ3) is 14.0. The molecule has 1 aromatic rings. The Balaban J connectivity index is 0.000000392. The van der Waals surface area contributed by atoms with Crippen LogP contribution in [0.25, 0.3) is 5.32 Å². The molecule has 0 amide bonds. The first-order valence-corrected chi connectivity index (χ1v) is 6.66. The van der Waals surface area contributed by atoms with Crippen LogP contribution < -0.4 is 16.0 Å². The fraction of sp³-hybridized carbons (Fsp3) is 0.571. The topological polar surface area (TPSA) is 50.2 Å². The second-order valence-corrected chi connectivity index (χ2v) is 4.00. The molecule has 0 aromatic heterocycles. The van der Waals surface area contributed by atoms with Crippen LogP contribution in [0.15, 0.2) is 30.3 Å². The molecule has 5 heteroatoms. The van der Waals surface area contributed by atoms with Gasteiger partial charge in [0.05, 0.1) is 0 Å². The van der Waals surface area contributed by atoms with E-state index < -0.39 is 0 Å². The van der Waals surface area contributed by atoms with Crippen LogP contribution in [0.2, 0.25) is 0 Å². The summed E-state index contributed by atoms with van der Waals surface area (Å²) in [6.07, 6.45) is 0. The van der Waals surface area contributed by atoms with E-state index in [0.29, 0.717) is 0 Å². The molecule has 1 fully saturated rings. The van der Waals surface area contributed by atoms with Gasteiger partial charge >= 0.3 is 21.7 Å². The van der Waals surface area contributed by atoms with Crippen molar-refractivity contribution < 1.29 is 21.7 Å². The monoisotopic (exact) mass is 296 g/mol. The summed E-state index contributed by atoms with van der Waals surface area (Å²) in [7, 11) is 0. The van der Waals surface area contributed by atoms with Gasteiger partial charge in [0.25, 0.3) is 0 Å². The van der Waals surface area contributed by atoms with Crippen LogP contribution in [0.4, 0.5) is 0 Å². The molecule has 1 aliphatic rings. The van der Waals surface area contributed by atoms with E-state index in [1.807, 2.05) is 30.3 Å². The zero-order valence-electron chi connectivity index (χ0n) is 11.5. The van der Waals surface area contributed by atoms with E-state index in [4.69, 9.17) is 0 Å². The summed E-state index contributed by atoms with van der Waals surface area (Å²) in [6, 6.07) is 12.5.